The van der Waals surface area contributed by atoms with E-state index >= 15 is 0 Å². The summed E-state index contributed by atoms with van der Waals surface area (Å²) in [7, 11) is 0. The summed E-state index contributed by atoms with van der Waals surface area (Å²) < 4.78 is 0. The number of rotatable bonds is 4. The second-order valence-electron chi connectivity index (χ2n) is 16.3. The van der Waals surface area contributed by atoms with Gasteiger partial charge in [0.1, 0.15) is 0 Å². The molecule has 0 radical (unpaired) electrons. The molecular formula is C56H35BN4. The lowest BCUT2D eigenvalue weighted by Gasteiger charge is -2.38. The van der Waals surface area contributed by atoms with Crippen molar-refractivity contribution in [1.29, 1.82) is 0 Å². The third kappa shape index (κ3) is 4.86. The lowest BCUT2D eigenvalue weighted by atomic mass is 9.49. The maximum atomic E-state index is 5.24. The Balaban J connectivity index is 1.03. The van der Waals surface area contributed by atoms with Gasteiger partial charge in [0.25, 0.3) is 0 Å². The van der Waals surface area contributed by atoms with Crippen LogP contribution in [-0.4, -0.2) is 21.8 Å². The molecule has 3 heterocycles. The van der Waals surface area contributed by atoms with Crippen molar-refractivity contribution in [3.8, 4) is 78.7 Å². The van der Waals surface area contributed by atoms with Gasteiger partial charge in [0.2, 0.25) is 0 Å². The van der Waals surface area contributed by atoms with Gasteiger partial charge in [-0.15, -0.1) is 0 Å². The second kappa shape index (κ2) is 13.1. The monoisotopic (exact) mass is 774 g/mol. The van der Waals surface area contributed by atoms with E-state index in [0.717, 1.165) is 33.5 Å². The highest BCUT2D eigenvalue weighted by atomic mass is 15.1. The molecule has 1 aromatic heterocycles. The van der Waals surface area contributed by atoms with Crippen LogP contribution in [0.15, 0.2) is 212 Å². The van der Waals surface area contributed by atoms with E-state index in [1.54, 1.807) is 0 Å². The SMILES string of the molecule is C1=CB2c3ccc4c(c3-c3ccc(-c5nc(-c6ccccc6)nc(-c6cccc(-c7ccccc7)c6)n5)cc3N2C=C1)-c1ccccc1C41c2ccccc2-c2ccccc21. The number of anilines is 1. The molecule has 0 unspecified atom stereocenters. The van der Waals surface area contributed by atoms with Crippen LogP contribution in [0, 0.1) is 0 Å². The minimum absolute atomic E-state index is 0.0226. The molecule has 0 fully saturated rings. The van der Waals surface area contributed by atoms with E-state index in [-0.39, 0.29) is 6.85 Å². The minimum atomic E-state index is -0.416. The number of aromatic nitrogens is 3. The number of fused-ring (bicyclic) bond motifs is 17. The normalized spacial score (nSPS) is 14.2. The number of hydrogen-bond acceptors (Lipinski definition) is 4. The summed E-state index contributed by atoms with van der Waals surface area (Å²) in [5.41, 5.74) is 20.2. The summed E-state index contributed by atoms with van der Waals surface area (Å²) in [6.45, 7) is 0.0226. The van der Waals surface area contributed by atoms with Gasteiger partial charge in [-0.25, -0.2) is 15.0 Å². The molecule has 0 saturated heterocycles. The highest BCUT2D eigenvalue weighted by molar-refractivity contribution is 6.84. The van der Waals surface area contributed by atoms with Crippen LogP contribution in [0.25, 0.3) is 78.7 Å². The zero-order valence-corrected chi connectivity index (χ0v) is 33.1. The number of hydrogen-bond donors (Lipinski definition) is 0. The van der Waals surface area contributed by atoms with Crippen molar-refractivity contribution in [1.82, 2.24) is 15.0 Å². The molecular weight excluding hydrogens is 739 g/mol. The molecule has 4 nitrogen and oxygen atoms in total. The molecule has 282 valence electrons. The molecule has 13 rings (SSSR count). The van der Waals surface area contributed by atoms with Crippen LogP contribution < -0.4 is 10.3 Å². The number of benzene rings is 8. The fourth-order valence-corrected chi connectivity index (χ4v) is 10.6. The van der Waals surface area contributed by atoms with Gasteiger partial charge in [-0.3, -0.25) is 0 Å². The summed E-state index contributed by atoms with van der Waals surface area (Å²) in [6.07, 6.45) is 6.53. The van der Waals surface area contributed by atoms with Crippen molar-refractivity contribution in [2.75, 3.05) is 4.81 Å². The van der Waals surface area contributed by atoms with Crippen molar-refractivity contribution in [3.63, 3.8) is 0 Å². The standard InChI is InChI=1S/C56H35BN4/c1-3-16-36(17-4-1)38-20-15-21-39(34-38)54-58-53(37-18-5-2-6-19-37)59-55(60-54)40-28-29-44-50(35-40)61-33-14-13-32-57(61)49-31-30-48-51(52(44)49)43-24-9-12-27-47(43)56(48)45-25-10-7-22-41(45)42-23-8-11-26-46(42)56/h1-35H. The summed E-state index contributed by atoms with van der Waals surface area (Å²) in [5.74, 6) is 4.24. The Kier molecular flexibility index (Phi) is 7.28. The third-order valence-corrected chi connectivity index (χ3v) is 13.2. The largest absolute Gasteiger partial charge is 0.383 e. The first-order valence-electron chi connectivity index (χ1n) is 21.0. The van der Waals surface area contributed by atoms with Crippen molar-refractivity contribution in [2.24, 2.45) is 0 Å². The summed E-state index contributed by atoms with van der Waals surface area (Å²) >= 11 is 0. The van der Waals surface area contributed by atoms with Crippen molar-refractivity contribution < 1.29 is 0 Å². The molecule has 0 N–H and O–H groups in total. The van der Waals surface area contributed by atoms with E-state index in [9.17, 15) is 0 Å². The molecule has 0 saturated carbocycles. The van der Waals surface area contributed by atoms with E-state index in [2.05, 4.69) is 193 Å². The van der Waals surface area contributed by atoms with Crippen LogP contribution in [-0.2, 0) is 5.41 Å². The van der Waals surface area contributed by atoms with Crippen LogP contribution in [0.4, 0.5) is 5.69 Å². The first-order chi connectivity index (χ1) is 30.3. The molecule has 0 atom stereocenters. The highest BCUT2D eigenvalue weighted by Gasteiger charge is 2.53. The highest BCUT2D eigenvalue weighted by Crippen LogP contribution is 2.64. The number of nitrogens with zero attached hydrogens (tertiary/aromatic N) is 4. The van der Waals surface area contributed by atoms with Crippen LogP contribution in [0.2, 0.25) is 0 Å². The van der Waals surface area contributed by atoms with Crippen molar-refractivity contribution in [3.05, 3.63) is 235 Å². The summed E-state index contributed by atoms with van der Waals surface area (Å²) in [4.78, 5) is 17.9. The van der Waals surface area contributed by atoms with Gasteiger partial charge < -0.3 is 4.81 Å². The third-order valence-electron chi connectivity index (χ3n) is 13.2. The van der Waals surface area contributed by atoms with E-state index < -0.39 is 5.41 Å². The Labute approximate surface area is 355 Å². The van der Waals surface area contributed by atoms with Gasteiger partial charge in [0.05, 0.1) is 5.41 Å². The zero-order valence-electron chi connectivity index (χ0n) is 33.1. The quantitative estimate of drug-likeness (QED) is 0.167. The summed E-state index contributed by atoms with van der Waals surface area (Å²) in [5, 5.41) is 0. The van der Waals surface area contributed by atoms with Gasteiger partial charge in [0, 0.05) is 27.9 Å². The second-order valence-corrected chi connectivity index (χ2v) is 16.3. The van der Waals surface area contributed by atoms with Crippen LogP contribution in [0.1, 0.15) is 22.3 Å². The molecule has 8 aromatic carbocycles. The van der Waals surface area contributed by atoms with E-state index in [4.69, 9.17) is 15.0 Å². The van der Waals surface area contributed by atoms with Gasteiger partial charge in [-0.1, -0.05) is 188 Å². The Hall–Kier alpha value is -7.89. The first-order valence-corrected chi connectivity index (χ1v) is 21.0. The van der Waals surface area contributed by atoms with Crippen molar-refractivity contribution in [2.45, 2.75) is 5.41 Å². The Morgan fingerprint density at radius 3 is 1.64 bits per heavy atom. The summed E-state index contributed by atoms with van der Waals surface area (Å²) in [6, 6.07) is 68.0. The predicted octanol–water partition coefficient (Wildman–Crippen LogP) is 12.2. The molecule has 9 aromatic rings. The van der Waals surface area contributed by atoms with E-state index in [0.29, 0.717) is 17.5 Å². The lowest BCUT2D eigenvalue weighted by Crippen LogP contribution is -2.49. The number of allylic oxidation sites excluding steroid dienone is 2. The molecule has 1 spiro atoms. The average Bonchev–Trinajstić information content (AvgIpc) is 3.82. The average molecular weight is 775 g/mol. The molecule has 0 amide bonds. The molecule has 4 aliphatic rings. The smallest absolute Gasteiger partial charge is 0.320 e. The molecule has 0 bridgehead atoms. The first kappa shape index (κ1) is 34.0. The van der Waals surface area contributed by atoms with Gasteiger partial charge in [-0.05, 0) is 91.1 Å². The maximum absolute atomic E-state index is 5.24. The Bertz CT molecular complexity index is 3290. The minimum Gasteiger partial charge on any atom is -0.383 e. The fourth-order valence-electron chi connectivity index (χ4n) is 10.6. The van der Waals surface area contributed by atoms with Crippen molar-refractivity contribution >= 4 is 18.0 Å². The van der Waals surface area contributed by atoms with E-state index in [1.165, 1.54) is 61.1 Å². The Morgan fingerprint density at radius 1 is 0.377 bits per heavy atom. The van der Waals surface area contributed by atoms with Gasteiger partial charge in [0.15, 0.2) is 17.5 Å². The molecule has 5 heteroatoms. The van der Waals surface area contributed by atoms with Crippen LogP contribution in [0.3, 0.4) is 0 Å². The Morgan fingerprint density at radius 2 is 0.934 bits per heavy atom. The van der Waals surface area contributed by atoms with Crippen LogP contribution >= 0.6 is 0 Å². The topological polar surface area (TPSA) is 41.9 Å². The molecule has 2 aliphatic heterocycles. The molecule has 61 heavy (non-hydrogen) atoms. The van der Waals surface area contributed by atoms with Gasteiger partial charge in [-0.2, -0.15) is 0 Å². The van der Waals surface area contributed by atoms with E-state index in [1.807, 2.05) is 24.3 Å². The zero-order chi connectivity index (χ0) is 40.1. The maximum Gasteiger partial charge on any atom is 0.320 e. The lowest BCUT2D eigenvalue weighted by molar-refractivity contribution is 0.794. The molecule has 2 aliphatic carbocycles. The predicted molar refractivity (Wildman–Crippen MR) is 249 cm³/mol. The van der Waals surface area contributed by atoms with Crippen LogP contribution in [0.5, 0.6) is 0 Å². The van der Waals surface area contributed by atoms with Gasteiger partial charge >= 0.3 is 6.85 Å². The fraction of sp³-hybridized carbons (Fsp3) is 0.0179.